The molecule has 2 heterocycles. The Balaban J connectivity index is 1.56. The van der Waals surface area contributed by atoms with Gasteiger partial charge in [-0.2, -0.15) is 0 Å². The van der Waals surface area contributed by atoms with Crippen LogP contribution in [0, 0.1) is 5.92 Å². The summed E-state index contributed by atoms with van der Waals surface area (Å²) in [6.07, 6.45) is 8.39. The van der Waals surface area contributed by atoms with Gasteiger partial charge in [0, 0.05) is 49.5 Å². The second-order valence-corrected chi connectivity index (χ2v) is 8.98. The van der Waals surface area contributed by atoms with E-state index in [9.17, 15) is 9.59 Å². The van der Waals surface area contributed by atoms with Crippen molar-refractivity contribution < 1.29 is 9.59 Å². The number of rotatable bonds is 7. The van der Waals surface area contributed by atoms with Crippen molar-refractivity contribution in [2.24, 2.45) is 5.92 Å². The predicted octanol–water partition coefficient (Wildman–Crippen LogP) is 2.36. The third-order valence-corrected chi connectivity index (χ3v) is 5.29. The molecule has 1 aliphatic heterocycles. The van der Waals surface area contributed by atoms with E-state index in [-0.39, 0.29) is 23.4 Å². The monoisotopic (exact) mass is 372 g/mol. The Morgan fingerprint density at radius 1 is 1.19 bits per heavy atom. The van der Waals surface area contributed by atoms with Crippen LogP contribution in [0.2, 0.25) is 0 Å². The molecular weight excluding hydrogens is 340 g/mol. The Bertz CT molecular complexity index is 652. The highest BCUT2D eigenvalue weighted by atomic mass is 16.2. The molecule has 2 fully saturated rings. The fourth-order valence-electron chi connectivity index (χ4n) is 3.84. The molecule has 0 aromatic carbocycles. The van der Waals surface area contributed by atoms with E-state index in [1.165, 1.54) is 12.8 Å². The van der Waals surface area contributed by atoms with Gasteiger partial charge < -0.3 is 10.6 Å². The predicted molar refractivity (Wildman–Crippen MR) is 105 cm³/mol. The van der Waals surface area contributed by atoms with Crippen molar-refractivity contribution in [3.63, 3.8) is 0 Å². The zero-order valence-electron chi connectivity index (χ0n) is 16.7. The molecule has 3 rings (SSSR count). The van der Waals surface area contributed by atoms with Crippen LogP contribution < -0.4 is 10.6 Å². The van der Waals surface area contributed by atoms with E-state index >= 15 is 0 Å². The van der Waals surface area contributed by atoms with Crippen molar-refractivity contribution in [3.8, 4) is 0 Å². The Kier molecular flexibility index (Phi) is 6.15. The Labute approximate surface area is 162 Å². The van der Waals surface area contributed by atoms with Gasteiger partial charge in [0.05, 0.1) is 5.56 Å². The standard InChI is InChI=1S/C21H32N4O2/c1-21(2,3)24-19(26)11-17-8-9-18(25(17)14-15-6-7-15)13-23-20(27)16-5-4-10-22-12-16/h4-5,10,12,15,17-18H,6-9,11,13-14H2,1-3H3,(H,23,27)(H,24,26)/t17-,18+/m1/s1. The summed E-state index contributed by atoms with van der Waals surface area (Å²) in [5, 5.41) is 6.14. The van der Waals surface area contributed by atoms with Crippen LogP contribution in [-0.2, 0) is 4.79 Å². The first-order chi connectivity index (χ1) is 12.8. The maximum atomic E-state index is 12.4. The van der Waals surface area contributed by atoms with Gasteiger partial charge in [0.25, 0.3) is 5.91 Å². The highest BCUT2D eigenvalue weighted by Gasteiger charge is 2.38. The first kappa shape index (κ1) is 19.8. The van der Waals surface area contributed by atoms with E-state index in [0.717, 1.165) is 25.3 Å². The van der Waals surface area contributed by atoms with E-state index in [2.05, 4.69) is 20.5 Å². The molecule has 2 aliphatic rings. The summed E-state index contributed by atoms with van der Waals surface area (Å²) < 4.78 is 0. The van der Waals surface area contributed by atoms with Crippen molar-refractivity contribution in [2.75, 3.05) is 13.1 Å². The summed E-state index contributed by atoms with van der Waals surface area (Å²) in [4.78, 5) is 31.2. The third kappa shape index (κ3) is 6.03. The number of amides is 2. The second kappa shape index (κ2) is 8.38. The van der Waals surface area contributed by atoms with E-state index < -0.39 is 0 Å². The zero-order chi connectivity index (χ0) is 19.4. The van der Waals surface area contributed by atoms with Crippen LogP contribution in [0.5, 0.6) is 0 Å². The minimum atomic E-state index is -0.200. The Morgan fingerprint density at radius 2 is 1.93 bits per heavy atom. The van der Waals surface area contributed by atoms with Gasteiger partial charge in [-0.15, -0.1) is 0 Å². The zero-order valence-corrected chi connectivity index (χ0v) is 16.7. The maximum absolute atomic E-state index is 12.4. The summed E-state index contributed by atoms with van der Waals surface area (Å²) in [6.45, 7) is 7.70. The SMILES string of the molecule is CC(C)(C)NC(=O)C[C@H]1CC[C@@H](CNC(=O)c2cccnc2)N1CC1CC1. The fraction of sp³-hybridized carbons (Fsp3) is 0.667. The number of nitrogens with one attached hydrogen (secondary N) is 2. The molecular formula is C21H32N4O2. The molecule has 148 valence electrons. The van der Waals surface area contributed by atoms with Crippen LogP contribution in [0.4, 0.5) is 0 Å². The van der Waals surface area contributed by atoms with Crippen LogP contribution in [0.1, 0.15) is 63.2 Å². The molecule has 0 bridgehead atoms. The topological polar surface area (TPSA) is 74.3 Å². The lowest BCUT2D eigenvalue weighted by Crippen LogP contribution is -2.47. The number of hydrogen-bond donors (Lipinski definition) is 2. The number of nitrogens with zero attached hydrogens (tertiary/aromatic N) is 2. The largest absolute Gasteiger partial charge is 0.351 e. The van der Waals surface area contributed by atoms with E-state index in [4.69, 9.17) is 0 Å². The van der Waals surface area contributed by atoms with Gasteiger partial charge in [-0.1, -0.05) is 0 Å². The lowest BCUT2D eigenvalue weighted by atomic mass is 10.1. The molecule has 27 heavy (non-hydrogen) atoms. The Morgan fingerprint density at radius 3 is 2.56 bits per heavy atom. The number of likely N-dealkylation sites (tertiary alicyclic amines) is 1. The molecule has 0 spiro atoms. The van der Waals surface area contributed by atoms with E-state index in [1.807, 2.05) is 20.8 Å². The first-order valence-corrected chi connectivity index (χ1v) is 10.1. The summed E-state index contributed by atoms with van der Waals surface area (Å²) in [7, 11) is 0. The van der Waals surface area contributed by atoms with Gasteiger partial charge in [0.15, 0.2) is 0 Å². The smallest absolute Gasteiger partial charge is 0.252 e. The molecule has 1 aromatic rings. The normalized spacial score (nSPS) is 23.2. The van der Waals surface area contributed by atoms with Crippen LogP contribution in [-0.4, -0.2) is 52.4 Å². The van der Waals surface area contributed by atoms with Crippen molar-refractivity contribution in [1.29, 1.82) is 0 Å². The average Bonchev–Trinajstić information content (AvgIpc) is 3.35. The van der Waals surface area contributed by atoms with Gasteiger partial charge in [-0.3, -0.25) is 19.5 Å². The maximum Gasteiger partial charge on any atom is 0.252 e. The van der Waals surface area contributed by atoms with Gasteiger partial charge in [-0.05, 0) is 64.5 Å². The molecule has 2 N–H and O–H groups in total. The van der Waals surface area contributed by atoms with Gasteiger partial charge in [-0.25, -0.2) is 0 Å². The fourth-order valence-corrected chi connectivity index (χ4v) is 3.84. The first-order valence-electron chi connectivity index (χ1n) is 10.1. The molecule has 2 amide bonds. The average molecular weight is 373 g/mol. The minimum absolute atomic E-state index is 0.0802. The van der Waals surface area contributed by atoms with Crippen LogP contribution in [0.25, 0.3) is 0 Å². The molecule has 6 nitrogen and oxygen atoms in total. The molecule has 0 radical (unpaired) electrons. The summed E-state index contributed by atoms with van der Waals surface area (Å²) in [5.41, 5.74) is 0.388. The van der Waals surface area contributed by atoms with Crippen LogP contribution in [0.3, 0.4) is 0 Å². The van der Waals surface area contributed by atoms with E-state index in [1.54, 1.807) is 24.5 Å². The van der Waals surface area contributed by atoms with Crippen LogP contribution in [0.15, 0.2) is 24.5 Å². The second-order valence-electron chi connectivity index (χ2n) is 8.98. The van der Waals surface area contributed by atoms with Crippen molar-refractivity contribution in [3.05, 3.63) is 30.1 Å². The third-order valence-electron chi connectivity index (χ3n) is 5.29. The number of carbonyl (C=O) groups is 2. The molecule has 6 heteroatoms. The molecule has 0 unspecified atom stereocenters. The lowest BCUT2D eigenvalue weighted by Gasteiger charge is -2.31. The van der Waals surface area contributed by atoms with E-state index in [0.29, 0.717) is 24.6 Å². The highest BCUT2D eigenvalue weighted by Crippen LogP contribution is 2.35. The molecule has 1 aromatic heterocycles. The molecule has 1 aliphatic carbocycles. The Hall–Kier alpha value is -1.95. The quantitative estimate of drug-likeness (QED) is 0.771. The number of pyridine rings is 1. The number of aromatic nitrogens is 1. The van der Waals surface area contributed by atoms with Gasteiger partial charge in [0.1, 0.15) is 0 Å². The minimum Gasteiger partial charge on any atom is -0.351 e. The van der Waals surface area contributed by atoms with Crippen LogP contribution >= 0.6 is 0 Å². The van der Waals surface area contributed by atoms with Crippen molar-refractivity contribution in [1.82, 2.24) is 20.5 Å². The van der Waals surface area contributed by atoms with Crippen molar-refractivity contribution in [2.45, 2.75) is 70.5 Å². The summed E-state index contributed by atoms with van der Waals surface area (Å²) >= 11 is 0. The van der Waals surface area contributed by atoms with Gasteiger partial charge in [0.2, 0.25) is 5.91 Å². The molecule has 2 atom stereocenters. The van der Waals surface area contributed by atoms with Gasteiger partial charge >= 0.3 is 0 Å². The number of carbonyl (C=O) groups excluding carboxylic acids is 2. The summed E-state index contributed by atoms with van der Waals surface area (Å²) in [6, 6.07) is 4.12. The van der Waals surface area contributed by atoms with Crippen molar-refractivity contribution >= 4 is 11.8 Å². The number of hydrogen-bond acceptors (Lipinski definition) is 4. The highest BCUT2D eigenvalue weighted by molar-refractivity contribution is 5.93. The summed E-state index contributed by atoms with van der Waals surface area (Å²) in [5.74, 6) is 0.796. The lowest BCUT2D eigenvalue weighted by molar-refractivity contribution is -0.123. The molecule has 1 saturated carbocycles. The molecule has 1 saturated heterocycles.